The lowest BCUT2D eigenvalue weighted by atomic mass is 10.3. The van der Waals surface area contributed by atoms with Crippen LogP contribution < -0.4 is 10.5 Å². The number of nitrogens with zero attached hydrogens (tertiary/aromatic N) is 2. The van der Waals surface area contributed by atoms with E-state index in [-0.39, 0.29) is 22.5 Å². The minimum Gasteiger partial charge on any atom is -0.434 e. The van der Waals surface area contributed by atoms with Crippen LogP contribution in [0.2, 0.25) is 5.02 Å². The van der Waals surface area contributed by atoms with Crippen LogP contribution >= 0.6 is 11.6 Å². The highest BCUT2D eigenvalue weighted by molar-refractivity contribution is 6.34. The number of ether oxygens (including phenoxy) is 1. The molecule has 0 amide bonds. The van der Waals surface area contributed by atoms with Gasteiger partial charge in [0, 0.05) is 0 Å². The zero-order valence-corrected chi connectivity index (χ0v) is 8.78. The molecule has 1 aromatic heterocycles. The largest absolute Gasteiger partial charge is 0.434 e. The number of halogens is 2. The van der Waals surface area contributed by atoms with Crippen LogP contribution in [0, 0.1) is 5.82 Å². The lowest BCUT2D eigenvalue weighted by Crippen LogP contribution is -1.97. The van der Waals surface area contributed by atoms with Crippen molar-refractivity contribution in [1.29, 1.82) is 0 Å². The van der Waals surface area contributed by atoms with Gasteiger partial charge in [0.25, 0.3) is 0 Å². The number of nitrogen functional groups attached to an aromatic ring is 1. The maximum atomic E-state index is 13.3. The second-order valence-electron chi connectivity index (χ2n) is 2.91. The van der Waals surface area contributed by atoms with Gasteiger partial charge in [0.15, 0.2) is 11.6 Å². The van der Waals surface area contributed by atoms with E-state index in [4.69, 9.17) is 22.1 Å². The zero-order valence-electron chi connectivity index (χ0n) is 8.02. The van der Waals surface area contributed by atoms with Gasteiger partial charge in [0.05, 0.1) is 0 Å². The third-order valence-electron chi connectivity index (χ3n) is 1.83. The van der Waals surface area contributed by atoms with Crippen LogP contribution in [0.5, 0.6) is 11.6 Å². The lowest BCUT2D eigenvalue weighted by Gasteiger charge is -2.07. The van der Waals surface area contributed by atoms with Crippen molar-refractivity contribution in [2.24, 2.45) is 0 Å². The normalized spacial score (nSPS) is 10.1. The Morgan fingerprint density at radius 1 is 1.25 bits per heavy atom. The van der Waals surface area contributed by atoms with Crippen LogP contribution in [0.15, 0.2) is 30.6 Å². The molecule has 2 aromatic rings. The Morgan fingerprint density at radius 3 is 2.75 bits per heavy atom. The van der Waals surface area contributed by atoms with E-state index in [9.17, 15) is 4.39 Å². The Balaban J connectivity index is 2.35. The molecule has 0 radical (unpaired) electrons. The van der Waals surface area contributed by atoms with Crippen LogP contribution in [0.4, 0.5) is 10.2 Å². The summed E-state index contributed by atoms with van der Waals surface area (Å²) in [5.41, 5.74) is 5.46. The summed E-state index contributed by atoms with van der Waals surface area (Å²) in [6, 6.07) is 5.92. The van der Waals surface area contributed by atoms with E-state index in [1.165, 1.54) is 18.5 Å². The molecule has 6 heteroatoms. The van der Waals surface area contributed by atoms with E-state index in [1.807, 2.05) is 0 Å². The van der Waals surface area contributed by atoms with Crippen molar-refractivity contribution in [3.8, 4) is 11.6 Å². The third-order valence-corrected chi connectivity index (χ3v) is 2.18. The SMILES string of the molecule is Nc1ncnc(Oc2ccccc2F)c1Cl. The average molecular weight is 240 g/mol. The molecule has 1 aromatic carbocycles. The first-order chi connectivity index (χ1) is 7.68. The highest BCUT2D eigenvalue weighted by Gasteiger charge is 2.10. The number of benzene rings is 1. The predicted octanol–water partition coefficient (Wildman–Crippen LogP) is 2.64. The van der Waals surface area contributed by atoms with E-state index in [2.05, 4.69) is 9.97 Å². The summed E-state index contributed by atoms with van der Waals surface area (Å²) in [5.74, 6) is -0.361. The van der Waals surface area contributed by atoms with Crippen LogP contribution in [0.3, 0.4) is 0 Å². The molecule has 0 saturated carbocycles. The van der Waals surface area contributed by atoms with Gasteiger partial charge < -0.3 is 10.5 Å². The quantitative estimate of drug-likeness (QED) is 0.875. The first-order valence-electron chi connectivity index (χ1n) is 4.37. The van der Waals surface area contributed by atoms with Gasteiger partial charge in [-0.25, -0.2) is 9.37 Å². The van der Waals surface area contributed by atoms with Crippen molar-refractivity contribution in [3.63, 3.8) is 0 Å². The van der Waals surface area contributed by atoms with Crippen molar-refractivity contribution >= 4 is 17.4 Å². The van der Waals surface area contributed by atoms with Gasteiger partial charge in [0.2, 0.25) is 5.88 Å². The number of aromatic nitrogens is 2. The monoisotopic (exact) mass is 239 g/mol. The van der Waals surface area contributed by atoms with Gasteiger partial charge in [0.1, 0.15) is 17.2 Å². The molecule has 0 unspecified atom stereocenters. The second kappa shape index (κ2) is 4.32. The number of para-hydroxylation sites is 1. The second-order valence-corrected chi connectivity index (χ2v) is 3.29. The van der Waals surface area contributed by atoms with Gasteiger partial charge in [-0.05, 0) is 12.1 Å². The Morgan fingerprint density at radius 2 is 2.00 bits per heavy atom. The van der Waals surface area contributed by atoms with Crippen molar-refractivity contribution in [2.75, 3.05) is 5.73 Å². The predicted molar refractivity (Wildman–Crippen MR) is 57.9 cm³/mol. The highest BCUT2D eigenvalue weighted by atomic mass is 35.5. The van der Waals surface area contributed by atoms with Crippen molar-refractivity contribution in [2.45, 2.75) is 0 Å². The minimum atomic E-state index is -0.504. The van der Waals surface area contributed by atoms with E-state index in [0.717, 1.165) is 0 Å². The Labute approximate surface area is 95.9 Å². The highest BCUT2D eigenvalue weighted by Crippen LogP contribution is 2.30. The van der Waals surface area contributed by atoms with Crippen LogP contribution in [0.25, 0.3) is 0 Å². The van der Waals surface area contributed by atoms with Gasteiger partial charge in [-0.3, -0.25) is 0 Å². The maximum absolute atomic E-state index is 13.3. The first-order valence-corrected chi connectivity index (χ1v) is 4.74. The molecular formula is C10H7ClFN3O. The molecular weight excluding hydrogens is 233 g/mol. The molecule has 4 nitrogen and oxygen atoms in total. The van der Waals surface area contributed by atoms with Gasteiger partial charge in [-0.15, -0.1) is 0 Å². The summed E-state index contributed by atoms with van der Waals surface area (Å²) in [6.07, 6.45) is 1.19. The molecule has 0 bridgehead atoms. The minimum absolute atomic E-state index is 0.0271. The van der Waals surface area contributed by atoms with Crippen molar-refractivity contribution < 1.29 is 9.13 Å². The Bertz CT molecular complexity index is 521. The molecule has 2 rings (SSSR count). The average Bonchev–Trinajstić information content (AvgIpc) is 2.28. The molecule has 0 atom stereocenters. The number of nitrogens with two attached hydrogens (primary N) is 1. The molecule has 0 aliphatic carbocycles. The Hall–Kier alpha value is -1.88. The summed E-state index contributed by atoms with van der Waals surface area (Å²) >= 11 is 5.80. The standard InChI is InChI=1S/C10H7ClFN3O/c11-8-9(13)14-5-15-10(8)16-7-4-2-1-3-6(7)12/h1-5H,(H2,13,14,15). The fraction of sp³-hybridized carbons (Fsp3) is 0. The molecule has 0 fully saturated rings. The summed E-state index contributed by atoms with van der Waals surface area (Å²) in [7, 11) is 0. The van der Waals surface area contributed by atoms with Crippen LogP contribution in [0.1, 0.15) is 0 Å². The molecule has 16 heavy (non-hydrogen) atoms. The number of hydrogen-bond acceptors (Lipinski definition) is 4. The molecule has 0 aliphatic rings. The molecule has 0 spiro atoms. The number of rotatable bonds is 2. The lowest BCUT2D eigenvalue weighted by molar-refractivity contribution is 0.427. The van der Waals surface area contributed by atoms with Gasteiger partial charge in [-0.2, -0.15) is 4.98 Å². The summed E-state index contributed by atoms with van der Waals surface area (Å²) in [4.78, 5) is 7.43. The van der Waals surface area contributed by atoms with Crippen LogP contribution in [-0.4, -0.2) is 9.97 Å². The summed E-state index contributed by atoms with van der Waals surface area (Å²) < 4.78 is 18.4. The molecule has 82 valence electrons. The smallest absolute Gasteiger partial charge is 0.243 e. The topological polar surface area (TPSA) is 61.0 Å². The molecule has 0 saturated heterocycles. The van der Waals surface area contributed by atoms with E-state index >= 15 is 0 Å². The number of anilines is 1. The fourth-order valence-electron chi connectivity index (χ4n) is 1.07. The fourth-order valence-corrected chi connectivity index (χ4v) is 1.21. The Kier molecular flexibility index (Phi) is 2.87. The van der Waals surface area contributed by atoms with Crippen molar-refractivity contribution in [1.82, 2.24) is 9.97 Å². The zero-order chi connectivity index (χ0) is 11.5. The van der Waals surface area contributed by atoms with E-state index in [1.54, 1.807) is 12.1 Å². The summed E-state index contributed by atoms with van der Waals surface area (Å²) in [6.45, 7) is 0. The van der Waals surface area contributed by atoms with E-state index in [0.29, 0.717) is 0 Å². The molecule has 0 aliphatic heterocycles. The third kappa shape index (κ3) is 2.04. The van der Waals surface area contributed by atoms with E-state index < -0.39 is 5.82 Å². The van der Waals surface area contributed by atoms with Crippen molar-refractivity contribution in [3.05, 3.63) is 41.4 Å². The maximum Gasteiger partial charge on any atom is 0.243 e. The number of hydrogen-bond donors (Lipinski definition) is 1. The first kappa shape index (κ1) is 10.6. The van der Waals surface area contributed by atoms with Gasteiger partial charge >= 0.3 is 0 Å². The summed E-state index contributed by atoms with van der Waals surface area (Å²) in [5, 5.41) is 0.0609. The molecule has 2 N–H and O–H groups in total. The van der Waals surface area contributed by atoms with Crippen LogP contribution in [-0.2, 0) is 0 Å². The molecule has 1 heterocycles. The van der Waals surface area contributed by atoms with Gasteiger partial charge in [-0.1, -0.05) is 23.7 Å².